The number of nitrogen functional groups attached to an aromatic ring is 1. The van der Waals surface area contributed by atoms with Gasteiger partial charge in [0.2, 0.25) is 0 Å². The van der Waals surface area contributed by atoms with Gasteiger partial charge in [0.15, 0.2) is 0 Å². The summed E-state index contributed by atoms with van der Waals surface area (Å²) < 4.78 is 29.6. The van der Waals surface area contributed by atoms with Crippen molar-refractivity contribution < 1.29 is 13.6 Å². The van der Waals surface area contributed by atoms with E-state index in [0.29, 0.717) is 40.0 Å². The van der Waals surface area contributed by atoms with Crippen molar-refractivity contribution in [1.82, 2.24) is 9.55 Å². The monoisotopic (exact) mass is 449 g/mol. The lowest BCUT2D eigenvalue weighted by Gasteiger charge is -2.15. The number of benzene rings is 2. The number of amides is 2. The van der Waals surface area contributed by atoms with Crippen LogP contribution < -0.4 is 21.9 Å². The van der Waals surface area contributed by atoms with Gasteiger partial charge in [-0.05, 0) is 61.4 Å². The van der Waals surface area contributed by atoms with Crippen LogP contribution in [0.3, 0.4) is 0 Å². The van der Waals surface area contributed by atoms with Gasteiger partial charge < -0.3 is 20.9 Å². The summed E-state index contributed by atoms with van der Waals surface area (Å²) in [5.74, 6) is -0.890. The average Bonchev–Trinajstić information content (AvgIpc) is 2.75. The zero-order chi connectivity index (χ0) is 23.7. The molecule has 33 heavy (non-hydrogen) atoms. The number of nitrogens with zero attached hydrogens (tertiary/aromatic N) is 2. The van der Waals surface area contributed by atoms with E-state index in [1.54, 1.807) is 29.8 Å². The number of halogens is 2. The maximum atomic E-state index is 14.6. The highest BCUT2D eigenvalue weighted by atomic mass is 19.1. The Kier molecular flexibility index (Phi) is 5.78. The second-order valence-electron chi connectivity index (χ2n) is 7.51. The average molecular weight is 449 g/mol. The highest BCUT2D eigenvalue weighted by molar-refractivity contribution is 6.00. The molecule has 168 valence electrons. The van der Waals surface area contributed by atoms with Crippen molar-refractivity contribution in [2.75, 3.05) is 16.4 Å². The van der Waals surface area contributed by atoms with Crippen molar-refractivity contribution in [1.29, 1.82) is 0 Å². The molecule has 0 aliphatic heterocycles. The third-order valence-electron chi connectivity index (χ3n) is 5.25. The Hall–Kier alpha value is -4.27. The Morgan fingerprint density at radius 1 is 1.09 bits per heavy atom. The van der Waals surface area contributed by atoms with Crippen LogP contribution in [0.4, 0.5) is 30.8 Å². The first kappa shape index (κ1) is 21.9. The van der Waals surface area contributed by atoms with Crippen LogP contribution in [-0.2, 0) is 6.54 Å². The van der Waals surface area contributed by atoms with Gasteiger partial charge in [0, 0.05) is 35.4 Å². The summed E-state index contributed by atoms with van der Waals surface area (Å²) in [6.07, 6.45) is 1.57. The number of nitrogens with two attached hydrogens (primary N) is 1. The number of fused-ring (bicyclic) bond motifs is 1. The van der Waals surface area contributed by atoms with Crippen LogP contribution in [0.15, 0.2) is 59.5 Å². The minimum atomic E-state index is -0.751. The van der Waals surface area contributed by atoms with Gasteiger partial charge >= 0.3 is 6.03 Å². The Morgan fingerprint density at radius 2 is 1.88 bits per heavy atom. The van der Waals surface area contributed by atoms with Crippen molar-refractivity contribution in [3.63, 3.8) is 0 Å². The lowest BCUT2D eigenvalue weighted by Crippen LogP contribution is -2.22. The van der Waals surface area contributed by atoms with Crippen LogP contribution in [-0.4, -0.2) is 15.6 Å². The third-order valence-corrected chi connectivity index (χ3v) is 5.25. The molecule has 7 nitrogen and oxygen atoms in total. The van der Waals surface area contributed by atoms with E-state index in [4.69, 9.17) is 5.73 Å². The van der Waals surface area contributed by atoms with E-state index in [2.05, 4.69) is 15.6 Å². The molecular weight excluding hydrogens is 428 g/mol. The molecule has 4 aromatic rings. The maximum absolute atomic E-state index is 14.6. The summed E-state index contributed by atoms with van der Waals surface area (Å²) in [7, 11) is 0. The van der Waals surface area contributed by atoms with E-state index < -0.39 is 17.7 Å². The van der Waals surface area contributed by atoms with Crippen LogP contribution in [0.1, 0.15) is 12.5 Å². The van der Waals surface area contributed by atoms with Crippen molar-refractivity contribution in [2.24, 2.45) is 0 Å². The molecule has 0 spiro atoms. The molecule has 2 aromatic carbocycles. The number of urea groups is 1. The first-order valence-electron chi connectivity index (χ1n) is 10.2. The lowest BCUT2D eigenvalue weighted by molar-refractivity contribution is 0.262. The largest absolute Gasteiger partial charge is 0.384 e. The van der Waals surface area contributed by atoms with E-state index >= 15 is 0 Å². The van der Waals surface area contributed by atoms with Gasteiger partial charge in [0.25, 0.3) is 5.56 Å². The van der Waals surface area contributed by atoms with Crippen molar-refractivity contribution in [2.45, 2.75) is 20.4 Å². The van der Waals surface area contributed by atoms with Gasteiger partial charge in [0.05, 0.1) is 11.2 Å². The standard InChI is InChI=1S/C24H21F2N5O2/c1-3-31-21-11-22(27)28-12-14(21)8-18(23(31)32)17-10-20(19(26)7-13(17)2)30-24(33)29-16-6-4-5-15(25)9-16/h4-12H,3H2,1-2H3,(H2,27,28)(H2,29,30,33). The Bertz CT molecular complexity index is 1450. The van der Waals surface area contributed by atoms with Crippen LogP contribution in [0.5, 0.6) is 0 Å². The van der Waals surface area contributed by atoms with E-state index in [-0.39, 0.29) is 16.9 Å². The number of hydrogen-bond donors (Lipinski definition) is 3. The van der Waals surface area contributed by atoms with Gasteiger partial charge in [-0.2, -0.15) is 0 Å². The van der Waals surface area contributed by atoms with E-state index in [0.717, 1.165) is 6.07 Å². The van der Waals surface area contributed by atoms with Crippen molar-refractivity contribution in [3.05, 3.63) is 82.3 Å². The SMILES string of the molecule is CCn1c(=O)c(-c2cc(NC(=O)Nc3cccc(F)c3)c(F)cc2C)cc2cnc(N)cc21. The molecule has 0 bridgehead atoms. The quantitative estimate of drug-likeness (QED) is 0.413. The molecule has 0 fully saturated rings. The lowest BCUT2D eigenvalue weighted by atomic mass is 9.99. The summed E-state index contributed by atoms with van der Waals surface area (Å²) in [4.78, 5) is 29.7. The highest BCUT2D eigenvalue weighted by Crippen LogP contribution is 2.29. The van der Waals surface area contributed by atoms with Gasteiger partial charge in [-0.15, -0.1) is 0 Å². The summed E-state index contributed by atoms with van der Waals surface area (Å²) in [6, 6.07) is 10.5. The van der Waals surface area contributed by atoms with E-state index in [1.807, 2.05) is 6.92 Å². The minimum Gasteiger partial charge on any atom is -0.384 e. The van der Waals surface area contributed by atoms with Gasteiger partial charge in [-0.3, -0.25) is 4.79 Å². The predicted molar refractivity (Wildman–Crippen MR) is 125 cm³/mol. The van der Waals surface area contributed by atoms with Crippen LogP contribution >= 0.6 is 0 Å². The Labute approximate surface area is 187 Å². The Balaban J connectivity index is 1.75. The van der Waals surface area contributed by atoms with Gasteiger partial charge in [-0.25, -0.2) is 18.6 Å². The fourth-order valence-electron chi connectivity index (χ4n) is 3.70. The number of rotatable bonds is 4. The number of carbonyl (C=O) groups is 1. The molecule has 2 amide bonds. The molecule has 0 atom stereocenters. The molecular formula is C24H21F2N5O2. The normalized spacial score (nSPS) is 10.9. The zero-order valence-electron chi connectivity index (χ0n) is 17.9. The fraction of sp³-hybridized carbons (Fsp3) is 0.125. The number of hydrogen-bond acceptors (Lipinski definition) is 4. The number of aromatic nitrogens is 2. The van der Waals surface area contributed by atoms with Crippen LogP contribution in [0.25, 0.3) is 22.0 Å². The highest BCUT2D eigenvalue weighted by Gasteiger charge is 2.17. The van der Waals surface area contributed by atoms with E-state index in [9.17, 15) is 18.4 Å². The summed E-state index contributed by atoms with van der Waals surface area (Å²) in [5.41, 5.74) is 7.56. The number of carbonyl (C=O) groups excluding carboxylic acids is 1. The molecule has 4 N–H and O–H groups in total. The summed E-state index contributed by atoms with van der Waals surface area (Å²) in [6.45, 7) is 3.91. The number of nitrogens with one attached hydrogen (secondary N) is 2. The Morgan fingerprint density at radius 3 is 2.61 bits per heavy atom. The molecule has 0 unspecified atom stereocenters. The summed E-state index contributed by atoms with van der Waals surface area (Å²) in [5, 5.41) is 5.57. The molecule has 0 aliphatic carbocycles. The van der Waals surface area contributed by atoms with Crippen LogP contribution in [0.2, 0.25) is 0 Å². The second-order valence-corrected chi connectivity index (χ2v) is 7.51. The predicted octanol–water partition coefficient (Wildman–Crippen LogP) is 4.90. The first-order valence-corrected chi connectivity index (χ1v) is 10.2. The smallest absolute Gasteiger partial charge is 0.323 e. The number of pyridine rings is 2. The fourth-order valence-corrected chi connectivity index (χ4v) is 3.70. The number of aryl methyl sites for hydroxylation is 2. The molecule has 0 saturated carbocycles. The second kappa shape index (κ2) is 8.70. The molecule has 9 heteroatoms. The molecule has 0 radical (unpaired) electrons. The third kappa shape index (κ3) is 4.38. The van der Waals surface area contributed by atoms with Gasteiger partial charge in [-0.1, -0.05) is 6.07 Å². The molecule has 2 aromatic heterocycles. The zero-order valence-corrected chi connectivity index (χ0v) is 17.9. The number of anilines is 3. The van der Waals surface area contributed by atoms with E-state index in [1.165, 1.54) is 30.3 Å². The minimum absolute atomic E-state index is 0.123. The summed E-state index contributed by atoms with van der Waals surface area (Å²) >= 11 is 0. The molecule has 4 rings (SSSR count). The van der Waals surface area contributed by atoms with Crippen molar-refractivity contribution in [3.8, 4) is 11.1 Å². The van der Waals surface area contributed by atoms with Gasteiger partial charge in [0.1, 0.15) is 17.5 Å². The molecule has 0 saturated heterocycles. The molecule has 2 heterocycles. The first-order chi connectivity index (χ1) is 15.8. The van der Waals surface area contributed by atoms with Crippen molar-refractivity contribution >= 4 is 34.1 Å². The molecule has 0 aliphatic rings. The van der Waals surface area contributed by atoms with Crippen LogP contribution in [0, 0.1) is 18.6 Å². The maximum Gasteiger partial charge on any atom is 0.323 e. The topological polar surface area (TPSA) is 102 Å².